The predicted molar refractivity (Wildman–Crippen MR) is 83.2 cm³/mol. The average Bonchev–Trinajstić information content (AvgIpc) is 2.72. The number of aromatic nitrogens is 1. The fraction of sp³-hybridized carbons (Fsp3) is 0.688. The second-order valence-electron chi connectivity index (χ2n) is 5.92. The van der Waals surface area contributed by atoms with E-state index in [1.54, 1.807) is 0 Å². The summed E-state index contributed by atoms with van der Waals surface area (Å²) in [7, 11) is 2.02. The first-order valence-electron chi connectivity index (χ1n) is 7.53. The van der Waals surface area contributed by atoms with Crippen LogP contribution in [-0.2, 0) is 18.4 Å². The van der Waals surface area contributed by atoms with Crippen molar-refractivity contribution in [3.8, 4) is 0 Å². The van der Waals surface area contributed by atoms with Crippen molar-refractivity contribution in [2.75, 3.05) is 6.54 Å². The minimum absolute atomic E-state index is 0.131. The molecule has 0 aliphatic carbocycles. The van der Waals surface area contributed by atoms with Gasteiger partial charge in [0.05, 0.1) is 6.54 Å². The molecule has 3 N–H and O–H groups in total. The summed E-state index contributed by atoms with van der Waals surface area (Å²) in [5.74, 6) is 1.26. The van der Waals surface area contributed by atoms with Gasteiger partial charge in [0.1, 0.15) is 0 Å². The number of nitrogens with one attached hydrogen (secondary N) is 1. The summed E-state index contributed by atoms with van der Waals surface area (Å²) >= 11 is 0. The van der Waals surface area contributed by atoms with E-state index in [2.05, 4.69) is 42.8 Å². The fourth-order valence-corrected chi connectivity index (χ4v) is 2.46. The van der Waals surface area contributed by atoms with Gasteiger partial charge in [0.15, 0.2) is 0 Å². The Kier molecular flexibility index (Phi) is 6.79. The first-order valence-corrected chi connectivity index (χ1v) is 7.53. The highest BCUT2D eigenvalue weighted by Gasteiger charge is 2.14. The molecule has 0 spiro atoms. The Morgan fingerprint density at radius 1 is 1.35 bits per heavy atom. The van der Waals surface area contributed by atoms with Gasteiger partial charge in [-0.15, -0.1) is 0 Å². The van der Waals surface area contributed by atoms with Crippen molar-refractivity contribution in [2.24, 2.45) is 24.6 Å². The summed E-state index contributed by atoms with van der Waals surface area (Å²) in [5, 5.41) is 3.00. The van der Waals surface area contributed by atoms with Crippen LogP contribution in [0, 0.1) is 18.8 Å². The number of rotatable bonds is 8. The zero-order valence-electron chi connectivity index (χ0n) is 13.3. The number of nitrogens with two attached hydrogens (primary N) is 1. The Morgan fingerprint density at radius 3 is 2.55 bits per heavy atom. The van der Waals surface area contributed by atoms with E-state index in [1.165, 1.54) is 5.69 Å². The molecule has 0 bridgehead atoms. The lowest BCUT2D eigenvalue weighted by atomic mass is 9.88. The van der Waals surface area contributed by atoms with E-state index in [0.29, 0.717) is 31.3 Å². The van der Waals surface area contributed by atoms with E-state index >= 15 is 0 Å². The summed E-state index contributed by atoms with van der Waals surface area (Å²) in [6.07, 6.45) is 2.51. The summed E-state index contributed by atoms with van der Waals surface area (Å²) in [6.45, 7) is 7.76. The highest BCUT2D eigenvalue weighted by atomic mass is 16.1. The topological polar surface area (TPSA) is 60.1 Å². The molecule has 114 valence electrons. The molecular weight excluding hydrogens is 250 g/mol. The van der Waals surface area contributed by atoms with Crippen LogP contribution >= 0.6 is 0 Å². The van der Waals surface area contributed by atoms with Crippen LogP contribution in [0.25, 0.3) is 0 Å². The fourth-order valence-electron chi connectivity index (χ4n) is 2.46. The Balaban J connectivity index is 2.35. The maximum atomic E-state index is 11.9. The maximum absolute atomic E-state index is 11.9. The van der Waals surface area contributed by atoms with Gasteiger partial charge in [0.2, 0.25) is 5.91 Å². The van der Waals surface area contributed by atoms with Crippen molar-refractivity contribution >= 4 is 5.91 Å². The largest absolute Gasteiger partial charge is 0.351 e. The molecule has 1 amide bonds. The molecule has 0 aliphatic rings. The van der Waals surface area contributed by atoms with E-state index in [0.717, 1.165) is 18.5 Å². The molecule has 4 nitrogen and oxygen atoms in total. The quantitative estimate of drug-likeness (QED) is 0.767. The van der Waals surface area contributed by atoms with Gasteiger partial charge < -0.3 is 15.6 Å². The lowest BCUT2D eigenvalue weighted by molar-refractivity contribution is -0.121. The Labute approximate surface area is 122 Å². The van der Waals surface area contributed by atoms with Crippen LogP contribution in [-0.4, -0.2) is 17.0 Å². The van der Waals surface area contributed by atoms with Gasteiger partial charge in [-0.3, -0.25) is 4.79 Å². The predicted octanol–water partition coefficient (Wildman–Crippen LogP) is 2.35. The van der Waals surface area contributed by atoms with Gasteiger partial charge in [0, 0.05) is 24.9 Å². The molecule has 1 unspecified atom stereocenters. The normalized spacial score (nSPS) is 12.7. The molecule has 1 aromatic rings. The number of aryl methyl sites for hydroxylation is 1. The first kappa shape index (κ1) is 16.8. The first-order chi connectivity index (χ1) is 9.45. The van der Waals surface area contributed by atoms with Crippen LogP contribution in [0.1, 0.15) is 44.5 Å². The molecule has 0 saturated heterocycles. The molecule has 0 fully saturated rings. The minimum atomic E-state index is 0.131. The molecule has 0 radical (unpaired) electrons. The van der Waals surface area contributed by atoms with Crippen molar-refractivity contribution in [3.63, 3.8) is 0 Å². The molecule has 0 aliphatic heterocycles. The Hall–Kier alpha value is -1.29. The van der Waals surface area contributed by atoms with Gasteiger partial charge in [-0.05, 0) is 50.3 Å². The lowest BCUT2D eigenvalue weighted by Gasteiger charge is -2.19. The summed E-state index contributed by atoms with van der Waals surface area (Å²) in [5.41, 5.74) is 7.97. The number of carbonyl (C=O) groups is 1. The van der Waals surface area contributed by atoms with Crippen molar-refractivity contribution < 1.29 is 4.79 Å². The smallest absolute Gasteiger partial charge is 0.220 e. The maximum Gasteiger partial charge on any atom is 0.220 e. The Bertz CT molecular complexity index is 423. The lowest BCUT2D eigenvalue weighted by Crippen LogP contribution is -2.25. The van der Waals surface area contributed by atoms with E-state index in [9.17, 15) is 4.79 Å². The second kappa shape index (κ2) is 8.10. The number of amides is 1. The third-order valence-electron chi connectivity index (χ3n) is 4.17. The molecule has 0 aromatic carbocycles. The average molecular weight is 279 g/mol. The summed E-state index contributed by atoms with van der Waals surface area (Å²) in [4.78, 5) is 11.9. The Morgan fingerprint density at radius 2 is 2.05 bits per heavy atom. The third-order valence-corrected chi connectivity index (χ3v) is 4.17. The van der Waals surface area contributed by atoms with Crippen LogP contribution in [0.2, 0.25) is 0 Å². The molecular formula is C16H29N3O. The molecule has 1 heterocycles. The van der Waals surface area contributed by atoms with Gasteiger partial charge in [-0.1, -0.05) is 13.8 Å². The minimum Gasteiger partial charge on any atom is -0.351 e. The molecule has 1 rings (SSSR count). The standard InChI is InChI=1S/C16H29N3O/c1-12(2)14(9-10-17)6-8-16(20)18-11-15-7-5-13(3)19(15)4/h5,7,12,14H,6,8-11,17H2,1-4H3,(H,18,20). The second-order valence-corrected chi connectivity index (χ2v) is 5.92. The monoisotopic (exact) mass is 279 g/mol. The molecule has 20 heavy (non-hydrogen) atoms. The van der Waals surface area contributed by atoms with Crippen LogP contribution < -0.4 is 11.1 Å². The molecule has 4 heteroatoms. The van der Waals surface area contributed by atoms with Crippen LogP contribution in [0.3, 0.4) is 0 Å². The number of hydrogen-bond acceptors (Lipinski definition) is 2. The summed E-state index contributed by atoms with van der Waals surface area (Å²) in [6, 6.07) is 4.12. The van der Waals surface area contributed by atoms with Crippen molar-refractivity contribution in [1.82, 2.24) is 9.88 Å². The highest BCUT2D eigenvalue weighted by molar-refractivity contribution is 5.75. The van der Waals surface area contributed by atoms with E-state index in [1.807, 2.05) is 7.05 Å². The van der Waals surface area contributed by atoms with Gasteiger partial charge >= 0.3 is 0 Å². The van der Waals surface area contributed by atoms with Gasteiger partial charge in [-0.25, -0.2) is 0 Å². The number of carbonyl (C=O) groups excluding carboxylic acids is 1. The number of hydrogen-bond donors (Lipinski definition) is 2. The summed E-state index contributed by atoms with van der Waals surface area (Å²) < 4.78 is 2.10. The molecule has 0 saturated carbocycles. The van der Waals surface area contributed by atoms with Crippen LogP contribution in [0.4, 0.5) is 0 Å². The zero-order chi connectivity index (χ0) is 15.1. The van der Waals surface area contributed by atoms with Gasteiger partial charge in [0.25, 0.3) is 0 Å². The molecule has 1 atom stereocenters. The number of nitrogens with zero attached hydrogens (tertiary/aromatic N) is 1. The van der Waals surface area contributed by atoms with Crippen molar-refractivity contribution in [1.29, 1.82) is 0 Å². The van der Waals surface area contributed by atoms with Crippen molar-refractivity contribution in [2.45, 2.75) is 46.6 Å². The van der Waals surface area contributed by atoms with Crippen LogP contribution in [0.5, 0.6) is 0 Å². The molecule has 1 aromatic heterocycles. The SMILES string of the molecule is Cc1ccc(CNC(=O)CCC(CCN)C(C)C)n1C. The highest BCUT2D eigenvalue weighted by Crippen LogP contribution is 2.20. The van der Waals surface area contributed by atoms with Gasteiger partial charge in [-0.2, -0.15) is 0 Å². The van der Waals surface area contributed by atoms with E-state index < -0.39 is 0 Å². The van der Waals surface area contributed by atoms with E-state index in [-0.39, 0.29) is 5.91 Å². The third kappa shape index (κ3) is 5.00. The zero-order valence-corrected chi connectivity index (χ0v) is 13.3. The van der Waals surface area contributed by atoms with Crippen molar-refractivity contribution in [3.05, 3.63) is 23.5 Å². The van der Waals surface area contributed by atoms with Crippen LogP contribution in [0.15, 0.2) is 12.1 Å². The van der Waals surface area contributed by atoms with E-state index in [4.69, 9.17) is 5.73 Å².